The maximum Gasteiger partial charge on any atom is 0.257 e. The first-order chi connectivity index (χ1) is 9.61. The van der Waals surface area contributed by atoms with Crippen LogP contribution in [0.15, 0.2) is 48.5 Å². The van der Waals surface area contributed by atoms with Crippen molar-refractivity contribution in [1.29, 1.82) is 0 Å². The second-order valence-corrected chi connectivity index (χ2v) is 4.97. The summed E-state index contributed by atoms with van der Waals surface area (Å²) in [4.78, 5) is 12.1. The van der Waals surface area contributed by atoms with Crippen LogP contribution in [0, 0.1) is 0 Å². The lowest BCUT2D eigenvalue weighted by atomic mass is 10.1. The Morgan fingerprint density at radius 3 is 2.35 bits per heavy atom. The summed E-state index contributed by atoms with van der Waals surface area (Å²) in [5.41, 5.74) is 2.40. The van der Waals surface area contributed by atoms with Gasteiger partial charge in [-0.15, -0.1) is 0 Å². The zero-order valence-corrected chi connectivity index (χ0v) is 12.2. The number of nitrogens with one attached hydrogen (secondary N) is 2. The number of amides is 1. The standard InChI is InChI=1S/C16H17ClN2O/c1-11(18-2)12-7-9-13(10-8-12)19-16(20)14-5-3-4-6-15(14)17/h3-11,18H,1-2H3,(H,19,20). The highest BCUT2D eigenvalue weighted by molar-refractivity contribution is 6.34. The molecule has 0 aliphatic heterocycles. The molecule has 3 nitrogen and oxygen atoms in total. The van der Waals surface area contributed by atoms with Crippen LogP contribution in [0.1, 0.15) is 28.9 Å². The largest absolute Gasteiger partial charge is 0.322 e. The summed E-state index contributed by atoms with van der Waals surface area (Å²) in [6.07, 6.45) is 0. The number of anilines is 1. The first kappa shape index (κ1) is 14.6. The minimum atomic E-state index is -0.204. The van der Waals surface area contributed by atoms with Gasteiger partial charge in [0.05, 0.1) is 10.6 Å². The normalized spacial score (nSPS) is 11.9. The predicted octanol–water partition coefficient (Wildman–Crippen LogP) is 3.87. The summed E-state index contributed by atoms with van der Waals surface area (Å²) in [5.74, 6) is -0.204. The van der Waals surface area contributed by atoms with Crippen molar-refractivity contribution in [2.24, 2.45) is 0 Å². The number of carbonyl (C=O) groups is 1. The molecule has 4 heteroatoms. The van der Waals surface area contributed by atoms with Gasteiger partial charge in [0.1, 0.15) is 0 Å². The highest BCUT2D eigenvalue weighted by Crippen LogP contribution is 2.19. The average Bonchev–Trinajstić information content (AvgIpc) is 2.47. The van der Waals surface area contributed by atoms with Crippen molar-refractivity contribution >= 4 is 23.2 Å². The number of halogens is 1. The van der Waals surface area contributed by atoms with E-state index in [4.69, 9.17) is 11.6 Å². The van der Waals surface area contributed by atoms with Gasteiger partial charge in [-0.25, -0.2) is 0 Å². The lowest BCUT2D eigenvalue weighted by Crippen LogP contribution is -2.14. The summed E-state index contributed by atoms with van der Waals surface area (Å²) in [5, 5.41) is 6.46. The van der Waals surface area contributed by atoms with Crippen molar-refractivity contribution in [3.63, 3.8) is 0 Å². The molecule has 1 unspecified atom stereocenters. The van der Waals surface area contributed by atoms with Crippen molar-refractivity contribution in [1.82, 2.24) is 5.32 Å². The monoisotopic (exact) mass is 288 g/mol. The van der Waals surface area contributed by atoms with E-state index >= 15 is 0 Å². The molecule has 1 amide bonds. The molecule has 0 saturated heterocycles. The molecule has 104 valence electrons. The van der Waals surface area contributed by atoms with E-state index in [-0.39, 0.29) is 11.9 Å². The second kappa shape index (κ2) is 6.55. The van der Waals surface area contributed by atoms with E-state index in [1.165, 1.54) is 5.56 Å². The van der Waals surface area contributed by atoms with Crippen molar-refractivity contribution in [2.75, 3.05) is 12.4 Å². The number of hydrogen-bond acceptors (Lipinski definition) is 2. The first-order valence-electron chi connectivity index (χ1n) is 6.45. The van der Waals surface area contributed by atoms with Gasteiger partial charge in [-0.05, 0) is 43.8 Å². The van der Waals surface area contributed by atoms with E-state index in [0.29, 0.717) is 10.6 Å². The average molecular weight is 289 g/mol. The van der Waals surface area contributed by atoms with Crippen LogP contribution < -0.4 is 10.6 Å². The Kier molecular flexibility index (Phi) is 4.77. The molecule has 0 fully saturated rings. The molecule has 2 aromatic carbocycles. The van der Waals surface area contributed by atoms with Crippen LogP contribution in [0.5, 0.6) is 0 Å². The lowest BCUT2D eigenvalue weighted by Gasteiger charge is -2.12. The molecule has 0 spiro atoms. The Bertz CT molecular complexity index is 596. The molecular weight excluding hydrogens is 272 g/mol. The maximum absolute atomic E-state index is 12.1. The summed E-state index contributed by atoms with van der Waals surface area (Å²) >= 11 is 6.00. The van der Waals surface area contributed by atoms with Crippen LogP contribution in [0.4, 0.5) is 5.69 Å². The highest BCUT2D eigenvalue weighted by atomic mass is 35.5. The van der Waals surface area contributed by atoms with E-state index < -0.39 is 0 Å². The lowest BCUT2D eigenvalue weighted by molar-refractivity contribution is 0.102. The van der Waals surface area contributed by atoms with Crippen molar-refractivity contribution in [3.8, 4) is 0 Å². The van der Waals surface area contributed by atoms with Crippen LogP contribution in [-0.2, 0) is 0 Å². The van der Waals surface area contributed by atoms with Gasteiger partial charge in [0.15, 0.2) is 0 Å². The molecule has 0 aliphatic rings. The Balaban J connectivity index is 2.11. The number of hydrogen-bond donors (Lipinski definition) is 2. The zero-order valence-electron chi connectivity index (χ0n) is 11.5. The number of rotatable bonds is 4. The van der Waals surface area contributed by atoms with Gasteiger partial charge >= 0.3 is 0 Å². The minimum Gasteiger partial charge on any atom is -0.322 e. The summed E-state index contributed by atoms with van der Waals surface area (Å²) in [7, 11) is 1.91. The van der Waals surface area contributed by atoms with Crippen LogP contribution in [-0.4, -0.2) is 13.0 Å². The Morgan fingerprint density at radius 1 is 1.10 bits per heavy atom. The molecular formula is C16H17ClN2O. The smallest absolute Gasteiger partial charge is 0.257 e. The van der Waals surface area contributed by atoms with Crippen molar-refractivity contribution in [2.45, 2.75) is 13.0 Å². The molecule has 2 N–H and O–H groups in total. The molecule has 20 heavy (non-hydrogen) atoms. The third-order valence-corrected chi connectivity index (χ3v) is 3.55. The Hall–Kier alpha value is -1.84. The quantitative estimate of drug-likeness (QED) is 0.896. The van der Waals surface area contributed by atoms with Gasteiger partial charge in [0.2, 0.25) is 0 Å². The number of benzene rings is 2. The number of carbonyl (C=O) groups excluding carboxylic acids is 1. The van der Waals surface area contributed by atoms with E-state index in [2.05, 4.69) is 17.6 Å². The maximum atomic E-state index is 12.1. The molecule has 0 radical (unpaired) electrons. The summed E-state index contributed by atoms with van der Waals surface area (Å²) < 4.78 is 0. The van der Waals surface area contributed by atoms with Crippen LogP contribution in [0.3, 0.4) is 0 Å². The molecule has 2 aromatic rings. The zero-order chi connectivity index (χ0) is 14.5. The van der Waals surface area contributed by atoms with Gasteiger partial charge in [0, 0.05) is 11.7 Å². The molecule has 0 heterocycles. The summed E-state index contributed by atoms with van der Waals surface area (Å²) in [6.45, 7) is 2.08. The summed E-state index contributed by atoms with van der Waals surface area (Å²) in [6, 6.07) is 15.0. The van der Waals surface area contributed by atoms with Crippen LogP contribution in [0.25, 0.3) is 0 Å². The van der Waals surface area contributed by atoms with E-state index in [1.807, 2.05) is 31.3 Å². The molecule has 0 aliphatic carbocycles. The van der Waals surface area contributed by atoms with Crippen LogP contribution in [0.2, 0.25) is 5.02 Å². The first-order valence-corrected chi connectivity index (χ1v) is 6.82. The third-order valence-electron chi connectivity index (χ3n) is 3.22. The van der Waals surface area contributed by atoms with Gasteiger partial charge < -0.3 is 10.6 Å². The molecule has 2 rings (SSSR count). The van der Waals surface area contributed by atoms with E-state index in [0.717, 1.165) is 5.69 Å². The topological polar surface area (TPSA) is 41.1 Å². The van der Waals surface area contributed by atoms with Gasteiger partial charge in [-0.1, -0.05) is 35.9 Å². The minimum absolute atomic E-state index is 0.204. The van der Waals surface area contributed by atoms with Crippen molar-refractivity contribution < 1.29 is 4.79 Å². The van der Waals surface area contributed by atoms with Crippen LogP contribution >= 0.6 is 11.6 Å². The molecule has 1 atom stereocenters. The van der Waals surface area contributed by atoms with E-state index in [9.17, 15) is 4.79 Å². The fraction of sp³-hybridized carbons (Fsp3) is 0.188. The third kappa shape index (κ3) is 3.38. The van der Waals surface area contributed by atoms with Gasteiger partial charge in [-0.3, -0.25) is 4.79 Å². The molecule has 0 aromatic heterocycles. The SMILES string of the molecule is CNC(C)c1ccc(NC(=O)c2ccccc2Cl)cc1. The van der Waals surface area contributed by atoms with E-state index in [1.54, 1.807) is 24.3 Å². The fourth-order valence-electron chi connectivity index (χ4n) is 1.87. The Morgan fingerprint density at radius 2 is 1.75 bits per heavy atom. The highest BCUT2D eigenvalue weighted by Gasteiger charge is 2.10. The Labute approximate surface area is 124 Å². The molecule has 0 bridgehead atoms. The second-order valence-electron chi connectivity index (χ2n) is 4.57. The molecule has 0 saturated carbocycles. The fourth-order valence-corrected chi connectivity index (χ4v) is 2.09. The van der Waals surface area contributed by atoms with Gasteiger partial charge in [-0.2, -0.15) is 0 Å². The van der Waals surface area contributed by atoms with Gasteiger partial charge in [0.25, 0.3) is 5.91 Å². The predicted molar refractivity (Wildman–Crippen MR) is 83.3 cm³/mol. The van der Waals surface area contributed by atoms with Crippen molar-refractivity contribution in [3.05, 3.63) is 64.7 Å².